The number of hydrogen-bond donors (Lipinski definition) is 1. The van der Waals surface area contributed by atoms with Crippen LogP contribution in [0.3, 0.4) is 0 Å². The number of nitrogens with zero attached hydrogens (tertiary/aromatic N) is 1. The Kier molecular flexibility index (Phi) is 5.50. The minimum atomic E-state index is -0.839. The minimum Gasteiger partial charge on any atom is -0.379 e. The van der Waals surface area contributed by atoms with Gasteiger partial charge in [0.25, 0.3) is 11.8 Å². The van der Waals surface area contributed by atoms with Gasteiger partial charge in [-0.25, -0.2) is 0 Å². The lowest BCUT2D eigenvalue weighted by atomic mass is 10.1. The van der Waals surface area contributed by atoms with Crippen molar-refractivity contribution in [3.63, 3.8) is 0 Å². The highest BCUT2D eigenvalue weighted by Crippen LogP contribution is 2.24. The predicted molar refractivity (Wildman–Crippen MR) is 85.1 cm³/mol. The average molecular weight is 318 g/mol. The summed E-state index contributed by atoms with van der Waals surface area (Å²) in [6.07, 6.45) is 0.835. The molecule has 1 aliphatic heterocycles. The van der Waals surface area contributed by atoms with Crippen LogP contribution in [0.1, 0.15) is 47.9 Å². The first-order valence-corrected chi connectivity index (χ1v) is 7.79. The van der Waals surface area contributed by atoms with E-state index in [0.717, 1.165) is 4.90 Å². The first-order chi connectivity index (χ1) is 10.9. The second-order valence-corrected chi connectivity index (χ2v) is 5.77. The van der Waals surface area contributed by atoms with Crippen molar-refractivity contribution in [3.05, 3.63) is 35.4 Å². The molecule has 1 aliphatic rings. The van der Waals surface area contributed by atoms with Crippen LogP contribution in [0.4, 0.5) is 0 Å². The zero-order valence-electron chi connectivity index (χ0n) is 13.7. The van der Waals surface area contributed by atoms with Crippen LogP contribution in [0.25, 0.3) is 0 Å². The van der Waals surface area contributed by atoms with Crippen molar-refractivity contribution in [1.82, 2.24) is 10.2 Å². The zero-order chi connectivity index (χ0) is 17.0. The molecule has 1 unspecified atom stereocenters. The monoisotopic (exact) mass is 318 g/mol. The number of amides is 3. The van der Waals surface area contributed by atoms with Crippen molar-refractivity contribution < 1.29 is 19.1 Å². The molecular formula is C17H22N2O4. The maximum Gasteiger partial charge on any atom is 0.262 e. The van der Waals surface area contributed by atoms with E-state index in [1.54, 1.807) is 31.2 Å². The maximum atomic E-state index is 12.3. The van der Waals surface area contributed by atoms with Crippen LogP contribution in [0, 0.1) is 0 Å². The summed E-state index contributed by atoms with van der Waals surface area (Å²) in [5.74, 6) is -1.18. The fraction of sp³-hybridized carbons (Fsp3) is 0.471. The summed E-state index contributed by atoms with van der Waals surface area (Å²) in [7, 11) is 0. The van der Waals surface area contributed by atoms with Crippen LogP contribution in [-0.2, 0) is 9.53 Å². The van der Waals surface area contributed by atoms with Crippen molar-refractivity contribution in [3.8, 4) is 0 Å². The number of carbonyl (C=O) groups is 3. The third-order valence-corrected chi connectivity index (χ3v) is 3.66. The van der Waals surface area contributed by atoms with Crippen molar-refractivity contribution in [2.24, 2.45) is 0 Å². The highest BCUT2D eigenvalue weighted by atomic mass is 16.5. The van der Waals surface area contributed by atoms with Gasteiger partial charge in [-0.2, -0.15) is 0 Å². The zero-order valence-corrected chi connectivity index (χ0v) is 13.7. The fourth-order valence-corrected chi connectivity index (χ4v) is 2.43. The van der Waals surface area contributed by atoms with E-state index in [-0.39, 0.29) is 12.0 Å². The fourth-order valence-electron chi connectivity index (χ4n) is 2.43. The summed E-state index contributed by atoms with van der Waals surface area (Å²) in [5, 5.41) is 2.74. The van der Waals surface area contributed by atoms with Crippen LogP contribution in [-0.4, -0.2) is 47.9 Å². The van der Waals surface area contributed by atoms with Gasteiger partial charge in [0.1, 0.15) is 6.04 Å². The summed E-state index contributed by atoms with van der Waals surface area (Å²) in [6.45, 7) is 6.45. The number of nitrogens with one attached hydrogen (secondary N) is 1. The van der Waals surface area contributed by atoms with E-state index >= 15 is 0 Å². The molecule has 1 N–H and O–H groups in total. The first-order valence-electron chi connectivity index (χ1n) is 7.79. The lowest BCUT2D eigenvalue weighted by Crippen LogP contribution is -2.48. The molecule has 1 atom stereocenters. The summed E-state index contributed by atoms with van der Waals surface area (Å²) in [5.41, 5.74) is 0.699. The Bertz CT molecular complexity index is 577. The number of ether oxygens (including phenoxy) is 1. The van der Waals surface area contributed by atoms with Crippen molar-refractivity contribution in [1.29, 1.82) is 0 Å². The van der Waals surface area contributed by atoms with E-state index in [1.165, 1.54) is 0 Å². The minimum absolute atomic E-state index is 0.156. The topological polar surface area (TPSA) is 75.7 Å². The number of imide groups is 1. The number of benzene rings is 1. The van der Waals surface area contributed by atoms with Gasteiger partial charge in [0.2, 0.25) is 5.91 Å². The quantitative estimate of drug-likeness (QED) is 0.612. The lowest BCUT2D eigenvalue weighted by Gasteiger charge is -2.21. The molecule has 1 aromatic carbocycles. The van der Waals surface area contributed by atoms with Gasteiger partial charge >= 0.3 is 0 Å². The van der Waals surface area contributed by atoms with Gasteiger partial charge in [0.05, 0.1) is 17.2 Å². The second-order valence-electron chi connectivity index (χ2n) is 5.77. The lowest BCUT2D eigenvalue weighted by molar-refractivity contribution is -0.124. The third kappa shape index (κ3) is 3.76. The Hall–Kier alpha value is -2.21. The predicted octanol–water partition coefficient (Wildman–Crippen LogP) is 1.60. The standard InChI is InChI=1S/C17H22N2O4/c1-11(2)23-10-6-9-18-15(20)12(3)19-16(21)13-7-4-5-8-14(13)17(19)22/h4-5,7-8,11-12H,6,9-10H2,1-3H3,(H,18,20). The van der Waals surface area contributed by atoms with Crippen LogP contribution in [0.15, 0.2) is 24.3 Å². The largest absolute Gasteiger partial charge is 0.379 e. The number of carbonyl (C=O) groups excluding carboxylic acids is 3. The highest BCUT2D eigenvalue weighted by molar-refractivity contribution is 6.22. The Morgan fingerprint density at radius 2 is 1.70 bits per heavy atom. The van der Waals surface area contributed by atoms with Gasteiger partial charge in [0, 0.05) is 13.2 Å². The number of fused-ring (bicyclic) bond motifs is 1. The molecule has 2 rings (SSSR count). The normalized spacial score (nSPS) is 15.0. The van der Waals surface area contributed by atoms with Gasteiger partial charge in [0.15, 0.2) is 0 Å². The molecule has 23 heavy (non-hydrogen) atoms. The summed E-state index contributed by atoms with van der Waals surface area (Å²) in [4.78, 5) is 37.8. The summed E-state index contributed by atoms with van der Waals surface area (Å²) >= 11 is 0. The number of hydrogen-bond acceptors (Lipinski definition) is 4. The summed E-state index contributed by atoms with van der Waals surface area (Å²) < 4.78 is 5.39. The Morgan fingerprint density at radius 3 is 2.22 bits per heavy atom. The van der Waals surface area contributed by atoms with Gasteiger partial charge in [-0.3, -0.25) is 19.3 Å². The molecule has 6 nitrogen and oxygen atoms in total. The molecule has 0 aromatic heterocycles. The van der Waals surface area contributed by atoms with Gasteiger partial charge in [-0.05, 0) is 39.3 Å². The second kappa shape index (κ2) is 7.37. The average Bonchev–Trinajstić information content (AvgIpc) is 2.78. The van der Waals surface area contributed by atoms with E-state index in [1.807, 2.05) is 13.8 Å². The first kappa shape index (κ1) is 17.1. The van der Waals surface area contributed by atoms with Gasteiger partial charge < -0.3 is 10.1 Å². The molecule has 1 heterocycles. The molecule has 124 valence electrons. The van der Waals surface area contributed by atoms with Crippen LogP contribution < -0.4 is 5.32 Å². The highest BCUT2D eigenvalue weighted by Gasteiger charge is 2.40. The molecule has 0 fully saturated rings. The van der Waals surface area contributed by atoms with Crippen molar-refractivity contribution in [2.45, 2.75) is 39.3 Å². The molecule has 0 radical (unpaired) electrons. The van der Waals surface area contributed by atoms with Crippen LogP contribution in [0.5, 0.6) is 0 Å². The molecule has 3 amide bonds. The maximum absolute atomic E-state index is 12.3. The van der Waals surface area contributed by atoms with Gasteiger partial charge in [-0.1, -0.05) is 12.1 Å². The molecular weight excluding hydrogens is 296 g/mol. The molecule has 6 heteroatoms. The third-order valence-electron chi connectivity index (χ3n) is 3.66. The molecule has 0 spiro atoms. The van der Waals surface area contributed by atoms with Crippen molar-refractivity contribution in [2.75, 3.05) is 13.2 Å². The van der Waals surface area contributed by atoms with E-state index in [2.05, 4.69) is 5.32 Å². The molecule has 0 saturated carbocycles. The van der Waals surface area contributed by atoms with E-state index in [4.69, 9.17) is 4.74 Å². The van der Waals surface area contributed by atoms with E-state index in [0.29, 0.717) is 30.7 Å². The van der Waals surface area contributed by atoms with Gasteiger partial charge in [-0.15, -0.1) is 0 Å². The smallest absolute Gasteiger partial charge is 0.262 e. The molecule has 1 aromatic rings. The molecule has 0 bridgehead atoms. The number of rotatable bonds is 7. The van der Waals surface area contributed by atoms with E-state index < -0.39 is 17.9 Å². The van der Waals surface area contributed by atoms with Crippen LogP contribution in [0.2, 0.25) is 0 Å². The van der Waals surface area contributed by atoms with E-state index in [9.17, 15) is 14.4 Å². The molecule has 0 saturated heterocycles. The Labute approximate surface area is 135 Å². The summed E-state index contributed by atoms with van der Waals surface area (Å²) in [6, 6.07) is 5.76. The Morgan fingerprint density at radius 1 is 1.13 bits per heavy atom. The van der Waals surface area contributed by atoms with Crippen molar-refractivity contribution >= 4 is 17.7 Å². The van der Waals surface area contributed by atoms with Crippen LogP contribution >= 0.6 is 0 Å². The molecule has 0 aliphatic carbocycles. The Balaban J connectivity index is 1.91. The SMILES string of the molecule is CC(C)OCCCNC(=O)C(C)N1C(=O)c2ccccc2C1=O.